The maximum Gasteiger partial charge on any atom is 0.236 e. The molecule has 0 aliphatic carbocycles. The molecule has 1 aliphatic rings. The van der Waals surface area contributed by atoms with Crippen LogP contribution in [0.5, 0.6) is 0 Å². The van der Waals surface area contributed by atoms with Gasteiger partial charge >= 0.3 is 0 Å². The molecule has 0 saturated carbocycles. The summed E-state index contributed by atoms with van der Waals surface area (Å²) in [7, 11) is 0. The number of nitrogens with zero attached hydrogens (tertiary/aromatic N) is 1. The summed E-state index contributed by atoms with van der Waals surface area (Å²) in [5.74, 6) is 0.320. The fourth-order valence-corrected chi connectivity index (χ4v) is 1.81. The van der Waals surface area contributed by atoms with E-state index in [1.54, 1.807) is 0 Å². The Labute approximate surface area is 98.0 Å². The number of aliphatic hydroxyl groups is 1. The van der Waals surface area contributed by atoms with E-state index >= 15 is 0 Å². The third-order valence-corrected chi connectivity index (χ3v) is 2.98. The number of hydrogen-bond donors (Lipinski definition) is 2. The second kappa shape index (κ2) is 5.15. The topological polar surface area (TPSA) is 52.6 Å². The van der Waals surface area contributed by atoms with Crippen LogP contribution in [0.3, 0.4) is 0 Å². The van der Waals surface area contributed by atoms with Crippen LogP contribution < -0.4 is 5.32 Å². The van der Waals surface area contributed by atoms with Crippen molar-refractivity contribution in [1.82, 2.24) is 10.2 Å². The van der Waals surface area contributed by atoms with Gasteiger partial charge in [-0.05, 0) is 33.1 Å². The maximum atomic E-state index is 11.9. The number of amides is 1. The highest BCUT2D eigenvalue weighted by atomic mass is 16.3. The first-order chi connectivity index (χ1) is 7.29. The third-order valence-electron chi connectivity index (χ3n) is 2.98. The molecule has 1 saturated heterocycles. The van der Waals surface area contributed by atoms with E-state index in [1.807, 2.05) is 32.6 Å². The molecule has 0 aromatic heterocycles. The van der Waals surface area contributed by atoms with Crippen molar-refractivity contribution in [3.8, 4) is 0 Å². The second-order valence-corrected chi connectivity index (χ2v) is 5.78. The van der Waals surface area contributed by atoms with Crippen LogP contribution in [0.1, 0.15) is 34.1 Å². The molecule has 4 nitrogen and oxygen atoms in total. The summed E-state index contributed by atoms with van der Waals surface area (Å²) >= 11 is 0. The molecule has 0 aromatic rings. The Balaban J connectivity index is 2.38. The quantitative estimate of drug-likeness (QED) is 0.728. The molecule has 1 rings (SSSR count). The second-order valence-electron chi connectivity index (χ2n) is 5.78. The van der Waals surface area contributed by atoms with Crippen LogP contribution in [0.2, 0.25) is 0 Å². The molecule has 94 valence electrons. The lowest BCUT2D eigenvalue weighted by Gasteiger charge is -2.35. The Bertz CT molecular complexity index is 248. The largest absolute Gasteiger partial charge is 0.393 e. The van der Waals surface area contributed by atoms with Crippen molar-refractivity contribution in [2.75, 3.05) is 19.6 Å². The van der Waals surface area contributed by atoms with Gasteiger partial charge in [-0.1, -0.05) is 6.92 Å². The van der Waals surface area contributed by atoms with Gasteiger partial charge < -0.3 is 15.3 Å². The number of aliphatic hydroxyl groups excluding tert-OH is 1. The van der Waals surface area contributed by atoms with Crippen LogP contribution in [0.25, 0.3) is 0 Å². The predicted molar refractivity (Wildman–Crippen MR) is 64.1 cm³/mol. The molecule has 0 spiro atoms. The Morgan fingerprint density at radius 2 is 2.12 bits per heavy atom. The Hall–Kier alpha value is -0.610. The van der Waals surface area contributed by atoms with Gasteiger partial charge in [-0.25, -0.2) is 0 Å². The predicted octanol–water partition coefficient (Wildman–Crippen LogP) is 0.604. The molecule has 1 aliphatic heterocycles. The van der Waals surface area contributed by atoms with E-state index in [4.69, 9.17) is 0 Å². The summed E-state index contributed by atoms with van der Waals surface area (Å²) in [6.45, 7) is 9.85. The van der Waals surface area contributed by atoms with Crippen LogP contribution >= 0.6 is 0 Å². The van der Waals surface area contributed by atoms with Gasteiger partial charge in [0.2, 0.25) is 5.91 Å². The summed E-state index contributed by atoms with van der Waals surface area (Å²) in [4.78, 5) is 13.7. The average molecular weight is 228 g/mol. The number of carbonyl (C=O) groups is 1. The number of carbonyl (C=O) groups excluding carboxylic acids is 1. The molecule has 2 N–H and O–H groups in total. The van der Waals surface area contributed by atoms with Crippen molar-refractivity contribution in [1.29, 1.82) is 0 Å². The van der Waals surface area contributed by atoms with Crippen LogP contribution in [0.4, 0.5) is 0 Å². The van der Waals surface area contributed by atoms with Crippen molar-refractivity contribution < 1.29 is 9.90 Å². The molecule has 1 fully saturated rings. The van der Waals surface area contributed by atoms with E-state index in [9.17, 15) is 9.90 Å². The smallest absolute Gasteiger partial charge is 0.236 e. The molecule has 1 amide bonds. The number of likely N-dealkylation sites (tertiary alicyclic amines) is 1. The van der Waals surface area contributed by atoms with E-state index in [1.165, 1.54) is 0 Å². The number of rotatable bonds is 2. The molecule has 0 bridgehead atoms. The summed E-state index contributed by atoms with van der Waals surface area (Å²) in [5.41, 5.74) is -0.0312. The van der Waals surface area contributed by atoms with E-state index in [2.05, 4.69) is 5.32 Å². The van der Waals surface area contributed by atoms with E-state index in [0.717, 1.165) is 0 Å². The maximum absolute atomic E-state index is 11.9. The first kappa shape index (κ1) is 13.5. The van der Waals surface area contributed by atoms with Gasteiger partial charge in [-0.15, -0.1) is 0 Å². The summed E-state index contributed by atoms with van der Waals surface area (Å²) in [6, 6.07) is 0. The highest BCUT2D eigenvalue weighted by Gasteiger charge is 2.27. The lowest BCUT2D eigenvalue weighted by Crippen LogP contribution is -2.50. The monoisotopic (exact) mass is 228 g/mol. The normalized spacial score (nSPS) is 26.9. The van der Waals surface area contributed by atoms with Crippen LogP contribution in [0, 0.1) is 5.92 Å². The zero-order valence-corrected chi connectivity index (χ0v) is 10.8. The molecule has 2 atom stereocenters. The summed E-state index contributed by atoms with van der Waals surface area (Å²) < 4.78 is 0. The standard InChI is InChI=1S/C12H24N2O2/c1-9-8-14(6-5-10(9)15)11(16)7-13-12(2,3)4/h9-10,13,15H,5-8H2,1-4H3. The Morgan fingerprint density at radius 3 is 2.62 bits per heavy atom. The van der Waals surface area contributed by atoms with Crippen LogP contribution in [-0.4, -0.2) is 47.2 Å². The lowest BCUT2D eigenvalue weighted by molar-refractivity contribution is -0.134. The molecule has 1 heterocycles. The van der Waals surface area contributed by atoms with Gasteiger partial charge in [-0.2, -0.15) is 0 Å². The van der Waals surface area contributed by atoms with E-state index < -0.39 is 0 Å². The average Bonchev–Trinajstić information content (AvgIpc) is 2.17. The number of nitrogens with one attached hydrogen (secondary N) is 1. The lowest BCUT2D eigenvalue weighted by atomic mass is 9.97. The summed E-state index contributed by atoms with van der Waals surface area (Å²) in [5, 5.41) is 12.8. The minimum atomic E-state index is -0.250. The molecular weight excluding hydrogens is 204 g/mol. The zero-order chi connectivity index (χ0) is 12.3. The molecular formula is C12H24N2O2. The van der Waals surface area contributed by atoms with Crippen molar-refractivity contribution in [2.24, 2.45) is 5.92 Å². The Morgan fingerprint density at radius 1 is 1.50 bits per heavy atom. The van der Waals surface area contributed by atoms with Gasteiger partial charge in [0, 0.05) is 18.6 Å². The minimum Gasteiger partial charge on any atom is -0.393 e. The van der Waals surface area contributed by atoms with Gasteiger partial charge in [0.1, 0.15) is 0 Å². The third kappa shape index (κ3) is 4.10. The van der Waals surface area contributed by atoms with E-state index in [0.29, 0.717) is 26.1 Å². The van der Waals surface area contributed by atoms with E-state index in [-0.39, 0.29) is 23.5 Å². The summed E-state index contributed by atoms with van der Waals surface area (Å²) in [6.07, 6.45) is 0.447. The van der Waals surface area contributed by atoms with Crippen molar-refractivity contribution in [3.63, 3.8) is 0 Å². The first-order valence-electron chi connectivity index (χ1n) is 6.00. The number of piperidine rings is 1. The van der Waals surface area contributed by atoms with Crippen LogP contribution in [0.15, 0.2) is 0 Å². The number of hydrogen-bond acceptors (Lipinski definition) is 3. The van der Waals surface area contributed by atoms with Crippen molar-refractivity contribution in [3.05, 3.63) is 0 Å². The highest BCUT2D eigenvalue weighted by molar-refractivity contribution is 5.78. The first-order valence-corrected chi connectivity index (χ1v) is 6.00. The molecule has 0 radical (unpaired) electrons. The van der Waals surface area contributed by atoms with Gasteiger partial charge in [0.25, 0.3) is 0 Å². The van der Waals surface area contributed by atoms with Crippen LogP contribution in [-0.2, 0) is 4.79 Å². The minimum absolute atomic E-state index is 0.0312. The highest BCUT2D eigenvalue weighted by Crippen LogP contribution is 2.16. The Kier molecular flexibility index (Phi) is 4.33. The fourth-order valence-electron chi connectivity index (χ4n) is 1.81. The van der Waals surface area contributed by atoms with Crippen molar-refractivity contribution in [2.45, 2.75) is 45.8 Å². The fraction of sp³-hybridized carbons (Fsp3) is 0.917. The molecule has 16 heavy (non-hydrogen) atoms. The molecule has 0 aromatic carbocycles. The SMILES string of the molecule is CC1CN(C(=O)CNC(C)(C)C)CCC1O. The molecule has 2 unspecified atom stereocenters. The van der Waals surface area contributed by atoms with Gasteiger partial charge in [0.15, 0.2) is 0 Å². The van der Waals surface area contributed by atoms with Crippen molar-refractivity contribution >= 4 is 5.91 Å². The van der Waals surface area contributed by atoms with Gasteiger partial charge in [-0.3, -0.25) is 4.79 Å². The molecule has 4 heteroatoms. The zero-order valence-electron chi connectivity index (χ0n) is 10.8. The van der Waals surface area contributed by atoms with Gasteiger partial charge in [0.05, 0.1) is 12.6 Å².